The minimum absolute atomic E-state index is 0.190. The van der Waals surface area contributed by atoms with Crippen molar-refractivity contribution in [3.63, 3.8) is 0 Å². The predicted octanol–water partition coefficient (Wildman–Crippen LogP) is 2.16. The van der Waals surface area contributed by atoms with Gasteiger partial charge in [0.25, 0.3) is 5.69 Å². The molecule has 0 N–H and O–H groups in total. The van der Waals surface area contributed by atoms with Gasteiger partial charge in [0.15, 0.2) is 0 Å². The highest BCUT2D eigenvalue weighted by molar-refractivity contribution is 5.34. The Bertz CT molecular complexity index is 442. The zero-order valence-electron chi connectivity index (χ0n) is 12.1. The van der Waals surface area contributed by atoms with E-state index in [2.05, 4.69) is 16.7 Å². The van der Waals surface area contributed by atoms with Crippen LogP contribution in [0.1, 0.15) is 18.9 Å². The summed E-state index contributed by atoms with van der Waals surface area (Å²) in [7, 11) is 0. The van der Waals surface area contributed by atoms with Crippen molar-refractivity contribution < 1.29 is 4.92 Å². The molecule has 0 atom stereocenters. The SMILES string of the molecule is CCCN1CCN(CCc2cccc([N+](=O)[O-])c2)CC1. The molecule has 1 aromatic carbocycles. The van der Waals surface area contributed by atoms with Crippen LogP contribution in [0.4, 0.5) is 5.69 Å². The molecule has 5 nitrogen and oxygen atoms in total. The van der Waals surface area contributed by atoms with Gasteiger partial charge in [0, 0.05) is 44.9 Å². The van der Waals surface area contributed by atoms with Crippen molar-refractivity contribution >= 4 is 5.69 Å². The van der Waals surface area contributed by atoms with Crippen LogP contribution in [0.5, 0.6) is 0 Å². The van der Waals surface area contributed by atoms with E-state index in [9.17, 15) is 10.1 Å². The van der Waals surface area contributed by atoms with Gasteiger partial charge in [-0.25, -0.2) is 0 Å². The van der Waals surface area contributed by atoms with Crippen LogP contribution in [0.25, 0.3) is 0 Å². The molecule has 1 fully saturated rings. The lowest BCUT2D eigenvalue weighted by molar-refractivity contribution is -0.384. The van der Waals surface area contributed by atoms with E-state index in [0.717, 1.165) is 44.7 Å². The fraction of sp³-hybridized carbons (Fsp3) is 0.600. The highest BCUT2D eigenvalue weighted by atomic mass is 16.6. The quantitative estimate of drug-likeness (QED) is 0.590. The Morgan fingerprint density at radius 1 is 1.15 bits per heavy atom. The lowest BCUT2D eigenvalue weighted by Gasteiger charge is -2.34. The molecule has 0 saturated carbocycles. The maximum absolute atomic E-state index is 10.7. The van der Waals surface area contributed by atoms with Crippen LogP contribution in [0.3, 0.4) is 0 Å². The second kappa shape index (κ2) is 7.36. The third-order valence-electron chi connectivity index (χ3n) is 3.84. The number of hydrogen-bond donors (Lipinski definition) is 0. The summed E-state index contributed by atoms with van der Waals surface area (Å²) in [6, 6.07) is 6.98. The summed E-state index contributed by atoms with van der Waals surface area (Å²) < 4.78 is 0. The first-order valence-electron chi connectivity index (χ1n) is 7.37. The van der Waals surface area contributed by atoms with E-state index < -0.39 is 0 Å². The summed E-state index contributed by atoms with van der Waals surface area (Å²) in [4.78, 5) is 15.4. The Morgan fingerprint density at radius 3 is 2.40 bits per heavy atom. The van der Waals surface area contributed by atoms with Crippen LogP contribution in [-0.2, 0) is 6.42 Å². The first kappa shape index (κ1) is 14.9. The summed E-state index contributed by atoms with van der Waals surface area (Å²) >= 11 is 0. The number of non-ortho nitro benzene ring substituents is 1. The molecule has 110 valence electrons. The zero-order chi connectivity index (χ0) is 14.4. The molecule has 0 radical (unpaired) electrons. The van der Waals surface area contributed by atoms with Crippen LogP contribution in [0, 0.1) is 10.1 Å². The van der Waals surface area contributed by atoms with E-state index in [-0.39, 0.29) is 10.6 Å². The number of benzene rings is 1. The largest absolute Gasteiger partial charge is 0.301 e. The molecule has 0 bridgehead atoms. The van der Waals surface area contributed by atoms with Crippen molar-refractivity contribution in [1.82, 2.24) is 9.80 Å². The molecule has 0 amide bonds. The van der Waals surface area contributed by atoms with E-state index in [1.807, 2.05) is 6.07 Å². The van der Waals surface area contributed by atoms with Crippen molar-refractivity contribution in [2.45, 2.75) is 19.8 Å². The molecule has 2 rings (SSSR count). The molecular weight excluding hydrogens is 254 g/mol. The van der Waals surface area contributed by atoms with Crippen LogP contribution >= 0.6 is 0 Å². The molecule has 1 heterocycles. The van der Waals surface area contributed by atoms with Crippen molar-refractivity contribution in [3.8, 4) is 0 Å². The van der Waals surface area contributed by atoms with E-state index in [1.165, 1.54) is 13.0 Å². The Labute approximate surface area is 120 Å². The average Bonchev–Trinajstić information content (AvgIpc) is 2.47. The lowest BCUT2D eigenvalue weighted by Crippen LogP contribution is -2.46. The van der Waals surface area contributed by atoms with Crippen LogP contribution in [0.15, 0.2) is 24.3 Å². The van der Waals surface area contributed by atoms with Crippen LogP contribution < -0.4 is 0 Å². The maximum Gasteiger partial charge on any atom is 0.269 e. The molecule has 0 spiro atoms. The molecule has 0 unspecified atom stereocenters. The topological polar surface area (TPSA) is 49.6 Å². The van der Waals surface area contributed by atoms with Crippen molar-refractivity contribution in [2.24, 2.45) is 0 Å². The number of nitrogens with zero attached hydrogens (tertiary/aromatic N) is 3. The van der Waals surface area contributed by atoms with E-state index >= 15 is 0 Å². The van der Waals surface area contributed by atoms with Gasteiger partial charge in [-0.3, -0.25) is 10.1 Å². The summed E-state index contributed by atoms with van der Waals surface area (Å²) in [6.45, 7) is 8.89. The normalized spacial score (nSPS) is 17.2. The molecule has 1 saturated heterocycles. The lowest BCUT2D eigenvalue weighted by atomic mass is 10.1. The average molecular weight is 277 g/mol. The minimum atomic E-state index is -0.326. The smallest absolute Gasteiger partial charge is 0.269 e. The zero-order valence-corrected chi connectivity index (χ0v) is 12.1. The number of piperazine rings is 1. The summed E-state index contributed by atoms with van der Waals surface area (Å²) in [6.07, 6.45) is 2.10. The molecule has 0 aromatic heterocycles. The third kappa shape index (κ3) is 4.28. The van der Waals surface area contributed by atoms with Gasteiger partial charge < -0.3 is 9.80 Å². The molecule has 20 heavy (non-hydrogen) atoms. The summed E-state index contributed by atoms with van der Waals surface area (Å²) in [5.74, 6) is 0. The van der Waals surface area contributed by atoms with Crippen molar-refractivity contribution in [2.75, 3.05) is 39.3 Å². The second-order valence-electron chi connectivity index (χ2n) is 5.36. The number of nitro benzene ring substituents is 1. The Morgan fingerprint density at radius 2 is 1.80 bits per heavy atom. The Kier molecular flexibility index (Phi) is 5.49. The van der Waals surface area contributed by atoms with E-state index in [1.54, 1.807) is 18.2 Å². The summed E-state index contributed by atoms with van der Waals surface area (Å²) in [5, 5.41) is 10.7. The minimum Gasteiger partial charge on any atom is -0.301 e. The molecule has 1 aliphatic rings. The highest BCUT2D eigenvalue weighted by Gasteiger charge is 2.15. The van der Waals surface area contributed by atoms with Gasteiger partial charge in [0.1, 0.15) is 0 Å². The summed E-state index contributed by atoms with van der Waals surface area (Å²) in [5.41, 5.74) is 1.24. The molecule has 1 aliphatic heterocycles. The van der Waals surface area contributed by atoms with Crippen LogP contribution in [-0.4, -0.2) is 54.0 Å². The molecule has 0 aliphatic carbocycles. The van der Waals surface area contributed by atoms with Gasteiger partial charge in [-0.05, 0) is 24.9 Å². The standard InChI is InChI=1S/C15H23N3O2/c1-2-7-16-9-11-17(12-10-16)8-6-14-4-3-5-15(13-14)18(19)20/h3-5,13H,2,6-12H2,1H3. The van der Waals surface area contributed by atoms with Crippen molar-refractivity contribution in [3.05, 3.63) is 39.9 Å². The fourth-order valence-electron chi connectivity index (χ4n) is 2.67. The first-order chi connectivity index (χ1) is 9.69. The maximum atomic E-state index is 10.7. The number of hydrogen-bond acceptors (Lipinski definition) is 4. The van der Waals surface area contributed by atoms with E-state index in [4.69, 9.17) is 0 Å². The fourth-order valence-corrected chi connectivity index (χ4v) is 2.67. The molecular formula is C15H23N3O2. The monoisotopic (exact) mass is 277 g/mol. The van der Waals surface area contributed by atoms with Gasteiger partial charge in [-0.2, -0.15) is 0 Å². The molecule has 5 heteroatoms. The van der Waals surface area contributed by atoms with Crippen LogP contribution in [0.2, 0.25) is 0 Å². The second-order valence-corrected chi connectivity index (χ2v) is 5.36. The first-order valence-corrected chi connectivity index (χ1v) is 7.37. The van der Waals surface area contributed by atoms with Gasteiger partial charge in [0.2, 0.25) is 0 Å². The Hall–Kier alpha value is -1.46. The van der Waals surface area contributed by atoms with Gasteiger partial charge >= 0.3 is 0 Å². The van der Waals surface area contributed by atoms with E-state index in [0.29, 0.717) is 0 Å². The predicted molar refractivity (Wildman–Crippen MR) is 80.0 cm³/mol. The van der Waals surface area contributed by atoms with Gasteiger partial charge in [0.05, 0.1) is 4.92 Å². The number of nitro groups is 1. The Balaban J connectivity index is 1.78. The molecule has 1 aromatic rings. The third-order valence-corrected chi connectivity index (χ3v) is 3.84. The number of rotatable bonds is 6. The highest BCUT2D eigenvalue weighted by Crippen LogP contribution is 2.14. The van der Waals surface area contributed by atoms with Gasteiger partial charge in [-0.1, -0.05) is 19.1 Å². The van der Waals surface area contributed by atoms with Crippen molar-refractivity contribution in [1.29, 1.82) is 0 Å². The van der Waals surface area contributed by atoms with Gasteiger partial charge in [-0.15, -0.1) is 0 Å².